The first-order valence-corrected chi connectivity index (χ1v) is 8.25. The van der Waals surface area contributed by atoms with Crippen LogP contribution in [-0.2, 0) is 7.05 Å². The van der Waals surface area contributed by atoms with Gasteiger partial charge in [-0.15, -0.1) is 0 Å². The van der Waals surface area contributed by atoms with Crippen LogP contribution in [0.15, 0.2) is 18.2 Å². The van der Waals surface area contributed by atoms with Crippen LogP contribution < -0.4 is 15.4 Å². The molecule has 2 N–H and O–H groups in total. The van der Waals surface area contributed by atoms with E-state index in [1.807, 2.05) is 0 Å². The number of aromatic nitrogens is 3. The summed E-state index contributed by atoms with van der Waals surface area (Å²) in [6, 6.07) is 4.04. The van der Waals surface area contributed by atoms with Gasteiger partial charge in [0.2, 0.25) is 5.95 Å². The molecule has 0 aliphatic carbocycles. The number of nitrogens with zero attached hydrogens (tertiary/aromatic N) is 4. The Morgan fingerprint density at radius 2 is 2.15 bits per heavy atom. The number of aryl methyl sites for hydroxylation is 1. The Hall–Kier alpha value is -3.01. The second-order valence-corrected chi connectivity index (χ2v) is 6.04. The molecule has 26 heavy (non-hydrogen) atoms. The van der Waals surface area contributed by atoms with Crippen molar-refractivity contribution in [1.29, 1.82) is 0 Å². The van der Waals surface area contributed by atoms with Crippen LogP contribution in [0.1, 0.15) is 34.9 Å². The lowest BCUT2D eigenvalue weighted by molar-refractivity contribution is -0.385. The number of amides is 1. The molecule has 0 radical (unpaired) electrons. The van der Waals surface area contributed by atoms with E-state index in [-0.39, 0.29) is 22.9 Å². The summed E-state index contributed by atoms with van der Waals surface area (Å²) in [5.41, 5.74) is -0.127. The van der Waals surface area contributed by atoms with E-state index in [4.69, 9.17) is 4.74 Å². The number of nitro groups is 1. The van der Waals surface area contributed by atoms with E-state index in [2.05, 4.69) is 20.7 Å². The van der Waals surface area contributed by atoms with Crippen molar-refractivity contribution < 1.29 is 14.5 Å². The number of anilines is 1. The summed E-state index contributed by atoms with van der Waals surface area (Å²) in [6.07, 6.45) is 1.89. The first kappa shape index (κ1) is 17.8. The van der Waals surface area contributed by atoms with Crippen molar-refractivity contribution in [3.63, 3.8) is 0 Å². The Morgan fingerprint density at radius 3 is 2.81 bits per heavy atom. The van der Waals surface area contributed by atoms with Crippen LogP contribution in [0.4, 0.5) is 11.6 Å². The van der Waals surface area contributed by atoms with E-state index in [0.29, 0.717) is 11.8 Å². The van der Waals surface area contributed by atoms with E-state index in [9.17, 15) is 14.9 Å². The zero-order chi connectivity index (χ0) is 18.7. The number of hydrogen-bond donors (Lipinski definition) is 2. The van der Waals surface area contributed by atoms with E-state index in [0.717, 1.165) is 25.9 Å². The molecular formula is C16H20N6O4. The molecule has 1 aromatic heterocycles. The minimum atomic E-state index is -0.590. The van der Waals surface area contributed by atoms with Gasteiger partial charge in [-0.2, -0.15) is 10.1 Å². The number of nitrogens with one attached hydrogen (secondary N) is 2. The first-order valence-electron chi connectivity index (χ1n) is 8.25. The lowest BCUT2D eigenvalue weighted by Gasteiger charge is -2.19. The van der Waals surface area contributed by atoms with Crippen molar-refractivity contribution in [3.8, 4) is 5.75 Å². The highest BCUT2D eigenvalue weighted by Crippen LogP contribution is 2.28. The largest absolute Gasteiger partial charge is 0.490 e. The summed E-state index contributed by atoms with van der Waals surface area (Å²) in [6.45, 7) is 1.83. The molecule has 10 nitrogen and oxygen atoms in total. The number of hydrogen-bond acceptors (Lipinski definition) is 7. The van der Waals surface area contributed by atoms with Crippen molar-refractivity contribution >= 4 is 17.5 Å². The number of piperidine rings is 1. The molecule has 0 atom stereocenters. The minimum Gasteiger partial charge on any atom is -0.490 e. The molecule has 2 aromatic rings. The maximum atomic E-state index is 12.5. The predicted molar refractivity (Wildman–Crippen MR) is 93.4 cm³/mol. The maximum absolute atomic E-state index is 12.5. The number of methoxy groups -OCH3 is 1. The number of nitro benzene ring substituents is 1. The fraction of sp³-hybridized carbons (Fsp3) is 0.438. The topological polar surface area (TPSA) is 124 Å². The minimum absolute atomic E-state index is 0.0957. The number of ether oxygens (including phenoxy) is 1. The van der Waals surface area contributed by atoms with Gasteiger partial charge < -0.3 is 10.1 Å². The van der Waals surface area contributed by atoms with Gasteiger partial charge in [-0.1, -0.05) is 0 Å². The summed E-state index contributed by atoms with van der Waals surface area (Å²) >= 11 is 0. The Morgan fingerprint density at radius 1 is 1.42 bits per heavy atom. The van der Waals surface area contributed by atoms with Crippen molar-refractivity contribution in [2.75, 3.05) is 25.5 Å². The zero-order valence-electron chi connectivity index (χ0n) is 14.6. The predicted octanol–water partition coefficient (Wildman–Crippen LogP) is 1.45. The number of rotatable bonds is 5. The summed E-state index contributed by atoms with van der Waals surface area (Å²) in [4.78, 5) is 27.4. The smallest absolute Gasteiger partial charge is 0.311 e. The first-order chi connectivity index (χ1) is 12.5. The van der Waals surface area contributed by atoms with Crippen LogP contribution in [0.5, 0.6) is 5.75 Å². The van der Waals surface area contributed by atoms with Crippen molar-refractivity contribution in [2.24, 2.45) is 7.05 Å². The third kappa shape index (κ3) is 3.64. The van der Waals surface area contributed by atoms with Crippen LogP contribution in [0.2, 0.25) is 0 Å². The second kappa shape index (κ2) is 7.48. The highest BCUT2D eigenvalue weighted by Gasteiger charge is 2.23. The molecule has 1 aliphatic heterocycles. The molecule has 0 bridgehead atoms. The highest BCUT2D eigenvalue weighted by molar-refractivity contribution is 6.04. The standard InChI is InChI=1S/C16H20N6O4/c1-21-16(18-14(20-21)10-5-7-17-8-6-10)19-15(23)11-3-4-13(26-2)12(9-11)22(24)25/h3-4,9-10,17H,5-8H2,1-2H3,(H,18,19,20,23). The quantitative estimate of drug-likeness (QED) is 0.611. The third-order valence-corrected chi connectivity index (χ3v) is 4.35. The average molecular weight is 360 g/mol. The normalized spacial score (nSPS) is 14.8. The van der Waals surface area contributed by atoms with Gasteiger partial charge >= 0.3 is 5.69 Å². The van der Waals surface area contributed by atoms with Gasteiger partial charge in [0.1, 0.15) is 0 Å². The van der Waals surface area contributed by atoms with E-state index < -0.39 is 10.8 Å². The monoisotopic (exact) mass is 360 g/mol. The molecule has 1 aromatic carbocycles. The van der Waals surface area contributed by atoms with Gasteiger partial charge in [-0.05, 0) is 38.1 Å². The molecule has 138 valence electrons. The van der Waals surface area contributed by atoms with Crippen molar-refractivity contribution in [3.05, 3.63) is 39.7 Å². The lowest BCUT2D eigenvalue weighted by atomic mass is 9.98. The van der Waals surface area contributed by atoms with Gasteiger partial charge in [0.15, 0.2) is 11.6 Å². The van der Waals surface area contributed by atoms with Gasteiger partial charge in [0, 0.05) is 24.6 Å². The molecule has 3 rings (SSSR count). The molecule has 1 amide bonds. The summed E-state index contributed by atoms with van der Waals surface area (Å²) in [5.74, 6) is 0.865. The molecule has 10 heteroatoms. The third-order valence-electron chi connectivity index (χ3n) is 4.35. The SMILES string of the molecule is COc1ccc(C(=O)Nc2nc(C3CCNCC3)nn2C)cc1[N+](=O)[O-]. The summed E-state index contributed by atoms with van der Waals surface area (Å²) in [7, 11) is 3.04. The fourth-order valence-electron chi connectivity index (χ4n) is 2.91. The van der Waals surface area contributed by atoms with E-state index in [1.165, 1.54) is 30.0 Å². The van der Waals surface area contributed by atoms with Gasteiger partial charge in [0.05, 0.1) is 12.0 Å². The Labute approximate surface area is 149 Å². The second-order valence-electron chi connectivity index (χ2n) is 6.04. The van der Waals surface area contributed by atoms with E-state index in [1.54, 1.807) is 7.05 Å². The molecule has 0 unspecified atom stereocenters. The summed E-state index contributed by atoms with van der Waals surface area (Å²) in [5, 5.41) is 21.4. The molecule has 1 fully saturated rings. The van der Waals surface area contributed by atoms with Crippen LogP contribution >= 0.6 is 0 Å². The Kier molecular flexibility index (Phi) is 5.12. The lowest BCUT2D eigenvalue weighted by Crippen LogP contribution is -2.27. The molecule has 0 saturated carbocycles. The van der Waals surface area contributed by atoms with Crippen molar-refractivity contribution in [1.82, 2.24) is 20.1 Å². The van der Waals surface area contributed by atoms with Gasteiger partial charge in [-0.25, -0.2) is 4.68 Å². The Balaban J connectivity index is 1.79. The van der Waals surface area contributed by atoms with Crippen LogP contribution in [0, 0.1) is 10.1 Å². The van der Waals surface area contributed by atoms with Gasteiger partial charge in [-0.3, -0.25) is 20.2 Å². The van der Waals surface area contributed by atoms with Crippen LogP contribution in [0.3, 0.4) is 0 Å². The van der Waals surface area contributed by atoms with Gasteiger partial charge in [0.25, 0.3) is 5.91 Å². The summed E-state index contributed by atoms with van der Waals surface area (Å²) < 4.78 is 6.45. The molecule has 2 heterocycles. The van der Waals surface area contributed by atoms with Crippen LogP contribution in [-0.4, -0.2) is 45.8 Å². The number of carbonyl (C=O) groups excluding carboxylic acids is 1. The molecule has 1 aliphatic rings. The van der Waals surface area contributed by atoms with E-state index >= 15 is 0 Å². The fourth-order valence-corrected chi connectivity index (χ4v) is 2.91. The number of carbonyl (C=O) groups is 1. The highest BCUT2D eigenvalue weighted by atomic mass is 16.6. The Bertz CT molecular complexity index is 828. The van der Waals surface area contributed by atoms with Crippen molar-refractivity contribution in [2.45, 2.75) is 18.8 Å². The average Bonchev–Trinajstić information content (AvgIpc) is 3.02. The number of benzene rings is 1. The van der Waals surface area contributed by atoms with Crippen LogP contribution in [0.25, 0.3) is 0 Å². The maximum Gasteiger partial charge on any atom is 0.311 e. The molecular weight excluding hydrogens is 340 g/mol. The zero-order valence-corrected chi connectivity index (χ0v) is 14.6. The molecule has 1 saturated heterocycles. The molecule has 0 spiro atoms.